The Balaban J connectivity index is 2.16. The van der Waals surface area contributed by atoms with Crippen molar-refractivity contribution < 1.29 is 14.3 Å². The number of hydrogen-bond acceptors (Lipinski definition) is 5. The standard InChI is InChI=1S/C15H22N2O3S/c1-20-13(18)12-11(6-9-21-12)17-14(19)15(10-16)7-4-2-3-5-8-15/h6,9H,2-5,7-8,10,16H2,1H3,(H,17,19). The SMILES string of the molecule is COC(=O)c1sccc1NC(=O)C1(CN)CCCCCC1. The van der Waals surface area contributed by atoms with E-state index in [1.807, 2.05) is 0 Å². The second-order valence-electron chi connectivity index (χ2n) is 5.51. The highest BCUT2D eigenvalue weighted by Gasteiger charge is 2.37. The van der Waals surface area contributed by atoms with Gasteiger partial charge in [0.2, 0.25) is 5.91 Å². The maximum atomic E-state index is 12.7. The number of rotatable bonds is 4. The average Bonchev–Trinajstić information content (AvgIpc) is 2.82. The van der Waals surface area contributed by atoms with E-state index in [0.717, 1.165) is 38.5 Å². The summed E-state index contributed by atoms with van der Waals surface area (Å²) in [5, 5.41) is 4.65. The van der Waals surface area contributed by atoms with Crippen LogP contribution in [0.2, 0.25) is 0 Å². The summed E-state index contributed by atoms with van der Waals surface area (Å²) in [6, 6.07) is 1.73. The number of esters is 1. The number of carbonyl (C=O) groups excluding carboxylic acids is 2. The maximum Gasteiger partial charge on any atom is 0.350 e. The van der Waals surface area contributed by atoms with E-state index in [-0.39, 0.29) is 5.91 Å². The van der Waals surface area contributed by atoms with Crippen molar-refractivity contribution in [3.05, 3.63) is 16.3 Å². The Kier molecular flexibility index (Phi) is 5.36. The third kappa shape index (κ3) is 3.44. The van der Waals surface area contributed by atoms with Gasteiger partial charge in [0, 0.05) is 6.54 Å². The topological polar surface area (TPSA) is 81.4 Å². The molecule has 0 radical (unpaired) electrons. The van der Waals surface area contributed by atoms with Crippen molar-refractivity contribution in [1.82, 2.24) is 0 Å². The average molecular weight is 310 g/mol. The van der Waals surface area contributed by atoms with Crippen LogP contribution in [0, 0.1) is 5.41 Å². The molecular formula is C15H22N2O3S. The summed E-state index contributed by atoms with van der Waals surface area (Å²) in [7, 11) is 1.33. The zero-order chi connectivity index (χ0) is 15.3. The van der Waals surface area contributed by atoms with Gasteiger partial charge in [-0.05, 0) is 24.3 Å². The van der Waals surface area contributed by atoms with E-state index < -0.39 is 11.4 Å². The Morgan fingerprint density at radius 1 is 1.33 bits per heavy atom. The van der Waals surface area contributed by atoms with Crippen molar-refractivity contribution >= 4 is 28.9 Å². The number of nitrogens with two attached hydrogens (primary N) is 1. The van der Waals surface area contributed by atoms with E-state index in [2.05, 4.69) is 5.32 Å². The fourth-order valence-corrected chi connectivity index (χ4v) is 3.61. The number of amides is 1. The minimum Gasteiger partial charge on any atom is -0.465 e. The van der Waals surface area contributed by atoms with E-state index >= 15 is 0 Å². The monoisotopic (exact) mass is 310 g/mol. The van der Waals surface area contributed by atoms with E-state index in [1.54, 1.807) is 11.4 Å². The van der Waals surface area contributed by atoms with Gasteiger partial charge in [0.25, 0.3) is 0 Å². The molecule has 0 saturated heterocycles. The summed E-state index contributed by atoms with van der Waals surface area (Å²) < 4.78 is 4.73. The van der Waals surface area contributed by atoms with Crippen molar-refractivity contribution in [2.24, 2.45) is 11.1 Å². The summed E-state index contributed by atoms with van der Waals surface area (Å²) >= 11 is 1.26. The predicted molar refractivity (Wildman–Crippen MR) is 83.5 cm³/mol. The van der Waals surface area contributed by atoms with Gasteiger partial charge < -0.3 is 15.8 Å². The van der Waals surface area contributed by atoms with Crippen molar-refractivity contribution in [3.8, 4) is 0 Å². The molecule has 0 bridgehead atoms. The minimum absolute atomic E-state index is 0.0737. The van der Waals surface area contributed by atoms with Crippen molar-refractivity contribution in [2.75, 3.05) is 19.0 Å². The quantitative estimate of drug-likeness (QED) is 0.662. The predicted octanol–water partition coefficient (Wildman–Crippen LogP) is 2.77. The largest absolute Gasteiger partial charge is 0.465 e. The van der Waals surface area contributed by atoms with Crippen LogP contribution in [0.15, 0.2) is 11.4 Å². The van der Waals surface area contributed by atoms with Crippen LogP contribution in [-0.4, -0.2) is 25.5 Å². The molecule has 1 fully saturated rings. The Hall–Kier alpha value is -1.40. The molecule has 0 spiro atoms. The highest BCUT2D eigenvalue weighted by Crippen LogP contribution is 2.36. The third-order valence-electron chi connectivity index (χ3n) is 4.22. The molecule has 1 heterocycles. The molecule has 1 aliphatic carbocycles. The Morgan fingerprint density at radius 2 is 2.00 bits per heavy atom. The second kappa shape index (κ2) is 7.04. The lowest BCUT2D eigenvalue weighted by molar-refractivity contribution is -0.125. The van der Waals surface area contributed by atoms with Gasteiger partial charge in [0.1, 0.15) is 4.88 Å². The lowest BCUT2D eigenvalue weighted by atomic mass is 9.79. The number of nitrogens with one attached hydrogen (secondary N) is 1. The number of carbonyl (C=O) groups is 2. The second-order valence-corrected chi connectivity index (χ2v) is 6.42. The van der Waals surface area contributed by atoms with Crippen molar-refractivity contribution in [1.29, 1.82) is 0 Å². The number of methoxy groups -OCH3 is 1. The van der Waals surface area contributed by atoms with Gasteiger partial charge in [-0.25, -0.2) is 4.79 Å². The first-order valence-electron chi connectivity index (χ1n) is 7.30. The van der Waals surface area contributed by atoms with Gasteiger partial charge in [-0.15, -0.1) is 11.3 Å². The molecule has 0 unspecified atom stereocenters. The van der Waals surface area contributed by atoms with Crippen LogP contribution in [0.3, 0.4) is 0 Å². The Labute approximate surface area is 128 Å². The summed E-state index contributed by atoms with van der Waals surface area (Å²) in [5.41, 5.74) is 5.93. The highest BCUT2D eigenvalue weighted by atomic mass is 32.1. The molecule has 116 valence electrons. The van der Waals surface area contributed by atoms with Crippen LogP contribution in [0.4, 0.5) is 5.69 Å². The summed E-state index contributed by atoms with van der Waals surface area (Å²) in [6.45, 7) is 0.344. The number of hydrogen-bond donors (Lipinski definition) is 2. The first kappa shape index (κ1) is 16.0. The van der Waals surface area contributed by atoms with Crippen LogP contribution in [0.1, 0.15) is 48.2 Å². The zero-order valence-corrected chi connectivity index (χ0v) is 13.1. The fourth-order valence-electron chi connectivity index (χ4n) is 2.84. The highest BCUT2D eigenvalue weighted by molar-refractivity contribution is 7.12. The molecule has 1 aromatic heterocycles. The molecule has 1 aromatic rings. The van der Waals surface area contributed by atoms with Gasteiger partial charge in [0.15, 0.2) is 0 Å². The van der Waals surface area contributed by atoms with E-state index in [9.17, 15) is 9.59 Å². The van der Waals surface area contributed by atoms with Gasteiger partial charge >= 0.3 is 5.97 Å². The van der Waals surface area contributed by atoms with Crippen LogP contribution >= 0.6 is 11.3 Å². The summed E-state index contributed by atoms with van der Waals surface area (Å²) in [4.78, 5) is 24.8. The summed E-state index contributed by atoms with van der Waals surface area (Å²) in [5.74, 6) is -0.501. The lowest BCUT2D eigenvalue weighted by Gasteiger charge is -2.29. The number of ether oxygens (including phenoxy) is 1. The smallest absolute Gasteiger partial charge is 0.350 e. The molecule has 0 aromatic carbocycles. The fraction of sp³-hybridized carbons (Fsp3) is 0.600. The van der Waals surface area contributed by atoms with Crippen LogP contribution in [-0.2, 0) is 9.53 Å². The molecule has 0 atom stereocenters. The molecule has 6 heteroatoms. The van der Waals surface area contributed by atoms with Crippen LogP contribution in [0.25, 0.3) is 0 Å². The normalized spacial score (nSPS) is 17.8. The molecule has 2 rings (SSSR count). The molecular weight excluding hydrogens is 288 g/mol. The van der Waals surface area contributed by atoms with E-state index in [0.29, 0.717) is 17.1 Å². The van der Waals surface area contributed by atoms with E-state index in [1.165, 1.54) is 18.4 Å². The van der Waals surface area contributed by atoms with Crippen LogP contribution in [0.5, 0.6) is 0 Å². The zero-order valence-electron chi connectivity index (χ0n) is 12.3. The first-order valence-corrected chi connectivity index (χ1v) is 8.18. The Bertz CT molecular complexity index is 505. The number of thiophene rings is 1. The lowest BCUT2D eigenvalue weighted by Crippen LogP contribution is -2.42. The third-order valence-corrected chi connectivity index (χ3v) is 5.11. The molecule has 1 saturated carbocycles. The van der Waals surface area contributed by atoms with Gasteiger partial charge in [0.05, 0.1) is 18.2 Å². The minimum atomic E-state index is -0.508. The van der Waals surface area contributed by atoms with E-state index in [4.69, 9.17) is 10.5 Å². The maximum absolute atomic E-state index is 12.7. The molecule has 1 amide bonds. The van der Waals surface area contributed by atoms with Gasteiger partial charge in [-0.2, -0.15) is 0 Å². The molecule has 21 heavy (non-hydrogen) atoms. The first-order chi connectivity index (χ1) is 10.1. The molecule has 3 N–H and O–H groups in total. The molecule has 0 aliphatic heterocycles. The molecule has 1 aliphatic rings. The van der Waals surface area contributed by atoms with Crippen LogP contribution < -0.4 is 11.1 Å². The molecule has 5 nitrogen and oxygen atoms in total. The van der Waals surface area contributed by atoms with Gasteiger partial charge in [-0.3, -0.25) is 4.79 Å². The summed E-state index contributed by atoms with van der Waals surface area (Å²) in [6.07, 6.45) is 5.98. The van der Waals surface area contributed by atoms with Gasteiger partial charge in [-0.1, -0.05) is 25.7 Å². The van der Waals surface area contributed by atoms with Crippen molar-refractivity contribution in [2.45, 2.75) is 38.5 Å². The Morgan fingerprint density at radius 3 is 2.57 bits per heavy atom. The number of anilines is 1. The van der Waals surface area contributed by atoms with Crippen molar-refractivity contribution in [3.63, 3.8) is 0 Å².